The number of rotatable bonds is 5. The molecule has 2 aliphatic rings. The maximum Gasteiger partial charge on any atom is 0.305 e. The first kappa shape index (κ1) is 15.0. The van der Waals surface area contributed by atoms with E-state index in [-0.39, 0.29) is 12.3 Å². The van der Waals surface area contributed by atoms with Gasteiger partial charge in [-0.15, -0.1) is 0 Å². The minimum absolute atomic E-state index is 0.0928. The highest BCUT2D eigenvalue weighted by molar-refractivity contribution is 5.93. The van der Waals surface area contributed by atoms with E-state index in [0.29, 0.717) is 37.7 Å². The lowest BCUT2D eigenvalue weighted by molar-refractivity contribution is -0.139. The van der Waals surface area contributed by atoms with Crippen molar-refractivity contribution < 1.29 is 19.4 Å². The summed E-state index contributed by atoms with van der Waals surface area (Å²) in [5.74, 6) is -0.706. The van der Waals surface area contributed by atoms with Gasteiger partial charge in [-0.05, 0) is 31.7 Å². The third-order valence-corrected chi connectivity index (χ3v) is 4.46. The second kappa shape index (κ2) is 5.72. The van der Waals surface area contributed by atoms with Gasteiger partial charge in [0.15, 0.2) is 0 Å². The van der Waals surface area contributed by atoms with Gasteiger partial charge in [-0.1, -0.05) is 0 Å². The molecule has 0 aromatic carbocycles. The van der Waals surface area contributed by atoms with Gasteiger partial charge in [0.2, 0.25) is 0 Å². The van der Waals surface area contributed by atoms with Crippen LogP contribution in [-0.2, 0) is 16.6 Å². The zero-order valence-electron chi connectivity index (χ0n) is 12.7. The lowest BCUT2D eigenvalue weighted by atomic mass is 9.86. The van der Waals surface area contributed by atoms with E-state index in [0.717, 1.165) is 18.5 Å². The van der Waals surface area contributed by atoms with Gasteiger partial charge in [0.05, 0.1) is 12.0 Å². The van der Waals surface area contributed by atoms with E-state index in [1.165, 1.54) is 0 Å². The number of hydrogen-bond donors (Lipinski definition) is 2. The quantitative estimate of drug-likeness (QED) is 0.848. The number of carboxylic acid groups (broad SMARTS) is 1. The average Bonchev–Trinajstić information content (AvgIpc) is 3.21. The number of ether oxygens (including phenoxy) is 1. The molecule has 1 amide bonds. The number of amides is 1. The lowest BCUT2D eigenvalue weighted by Crippen LogP contribution is -2.53. The normalized spacial score (nSPS) is 20.6. The van der Waals surface area contributed by atoms with E-state index in [4.69, 9.17) is 9.84 Å². The Balaban J connectivity index is 1.75. The number of carbonyl (C=O) groups is 2. The van der Waals surface area contributed by atoms with E-state index in [2.05, 4.69) is 10.4 Å². The molecule has 0 unspecified atom stereocenters. The molecule has 0 spiro atoms. The van der Waals surface area contributed by atoms with Crippen molar-refractivity contribution in [3.8, 4) is 0 Å². The molecule has 1 aromatic heterocycles. The Labute approximate surface area is 128 Å². The van der Waals surface area contributed by atoms with Crippen LogP contribution in [0.1, 0.15) is 54.2 Å². The van der Waals surface area contributed by atoms with Crippen LogP contribution in [0.4, 0.5) is 0 Å². The van der Waals surface area contributed by atoms with E-state index in [1.807, 2.05) is 13.1 Å². The summed E-state index contributed by atoms with van der Waals surface area (Å²) >= 11 is 0. The average molecular weight is 307 g/mol. The molecule has 1 saturated heterocycles. The number of nitrogens with zero attached hydrogens (tertiary/aromatic N) is 2. The van der Waals surface area contributed by atoms with Gasteiger partial charge in [-0.3, -0.25) is 14.3 Å². The fourth-order valence-electron chi connectivity index (χ4n) is 3.06. The highest BCUT2D eigenvalue weighted by Crippen LogP contribution is 2.40. The monoisotopic (exact) mass is 307 g/mol. The molecule has 3 rings (SSSR count). The summed E-state index contributed by atoms with van der Waals surface area (Å²) in [6, 6.07) is 1.82. The Kier molecular flexibility index (Phi) is 3.90. The van der Waals surface area contributed by atoms with Crippen LogP contribution in [0.5, 0.6) is 0 Å². The van der Waals surface area contributed by atoms with E-state index < -0.39 is 11.5 Å². The number of aromatic nitrogens is 2. The zero-order chi connectivity index (χ0) is 15.7. The molecule has 0 bridgehead atoms. The first-order valence-electron chi connectivity index (χ1n) is 7.65. The van der Waals surface area contributed by atoms with Crippen molar-refractivity contribution in [2.75, 3.05) is 13.2 Å². The molecular weight excluding hydrogens is 286 g/mol. The van der Waals surface area contributed by atoms with E-state index in [9.17, 15) is 9.59 Å². The third kappa shape index (κ3) is 3.14. The SMILES string of the molecule is Cn1nc(C(=O)NC2(CC(=O)O)CCOCC2)cc1C1CC1. The second-order valence-electron chi connectivity index (χ2n) is 6.27. The Hall–Kier alpha value is -1.89. The van der Waals surface area contributed by atoms with Crippen LogP contribution in [0.3, 0.4) is 0 Å². The molecule has 22 heavy (non-hydrogen) atoms. The summed E-state index contributed by atoms with van der Waals surface area (Å²) in [6.45, 7) is 0.923. The van der Waals surface area contributed by atoms with Gasteiger partial charge >= 0.3 is 5.97 Å². The van der Waals surface area contributed by atoms with Crippen LogP contribution in [-0.4, -0.2) is 45.5 Å². The summed E-state index contributed by atoms with van der Waals surface area (Å²) in [4.78, 5) is 23.6. The van der Waals surface area contributed by atoms with Crippen molar-refractivity contribution in [1.29, 1.82) is 0 Å². The van der Waals surface area contributed by atoms with Crippen molar-refractivity contribution in [1.82, 2.24) is 15.1 Å². The summed E-state index contributed by atoms with van der Waals surface area (Å²) in [5, 5.41) is 16.3. The fraction of sp³-hybridized carbons (Fsp3) is 0.667. The van der Waals surface area contributed by atoms with Crippen LogP contribution in [0.25, 0.3) is 0 Å². The van der Waals surface area contributed by atoms with Crippen LogP contribution < -0.4 is 5.32 Å². The van der Waals surface area contributed by atoms with Crippen LogP contribution in [0.2, 0.25) is 0 Å². The first-order chi connectivity index (χ1) is 10.5. The Morgan fingerprint density at radius 3 is 2.73 bits per heavy atom. The molecule has 2 heterocycles. The van der Waals surface area contributed by atoms with Crippen molar-refractivity contribution in [2.24, 2.45) is 7.05 Å². The summed E-state index contributed by atoms with van der Waals surface area (Å²) in [6.07, 6.45) is 3.20. The van der Waals surface area contributed by atoms with Crippen LogP contribution in [0.15, 0.2) is 6.07 Å². The second-order valence-corrected chi connectivity index (χ2v) is 6.27. The van der Waals surface area contributed by atoms with Gasteiger partial charge in [-0.2, -0.15) is 5.10 Å². The predicted octanol–water partition coefficient (Wildman–Crippen LogP) is 1.05. The molecular formula is C15H21N3O4. The standard InChI is InChI=1S/C15H21N3O4/c1-18-12(10-2-3-10)8-11(17-18)14(21)16-15(9-13(19)20)4-6-22-7-5-15/h8,10H,2-7,9H2,1H3,(H,16,21)(H,19,20). The topological polar surface area (TPSA) is 93.5 Å². The summed E-state index contributed by atoms with van der Waals surface area (Å²) in [5.41, 5.74) is 0.698. The molecule has 7 nitrogen and oxygen atoms in total. The number of carboxylic acids is 1. The molecule has 1 aromatic rings. The maximum atomic E-state index is 12.5. The molecule has 0 radical (unpaired) electrons. The third-order valence-electron chi connectivity index (χ3n) is 4.46. The predicted molar refractivity (Wildman–Crippen MR) is 77.7 cm³/mol. The zero-order valence-corrected chi connectivity index (χ0v) is 12.7. The summed E-state index contributed by atoms with van der Waals surface area (Å²) in [7, 11) is 1.84. The minimum Gasteiger partial charge on any atom is -0.481 e. The number of aliphatic carboxylic acids is 1. The van der Waals surface area contributed by atoms with Gasteiger partial charge in [0.25, 0.3) is 5.91 Å². The number of aryl methyl sites for hydroxylation is 1. The molecule has 1 aliphatic carbocycles. The number of nitrogens with one attached hydrogen (secondary N) is 1. The van der Waals surface area contributed by atoms with Crippen molar-refractivity contribution in [3.63, 3.8) is 0 Å². The molecule has 0 atom stereocenters. The highest BCUT2D eigenvalue weighted by Gasteiger charge is 2.37. The van der Waals surface area contributed by atoms with Gasteiger partial charge in [0, 0.05) is 31.9 Å². The Morgan fingerprint density at radius 2 is 2.14 bits per heavy atom. The van der Waals surface area contributed by atoms with Gasteiger partial charge in [0.1, 0.15) is 5.69 Å². The Morgan fingerprint density at radius 1 is 1.45 bits per heavy atom. The van der Waals surface area contributed by atoms with Crippen LogP contribution >= 0.6 is 0 Å². The van der Waals surface area contributed by atoms with E-state index >= 15 is 0 Å². The molecule has 1 saturated carbocycles. The number of carbonyl (C=O) groups excluding carboxylic acids is 1. The van der Waals surface area contributed by atoms with Gasteiger partial charge < -0.3 is 15.2 Å². The molecule has 120 valence electrons. The molecule has 2 N–H and O–H groups in total. The Bertz CT molecular complexity index is 586. The fourth-order valence-corrected chi connectivity index (χ4v) is 3.06. The summed E-state index contributed by atoms with van der Waals surface area (Å²) < 4.78 is 7.04. The maximum absolute atomic E-state index is 12.5. The molecule has 1 aliphatic heterocycles. The molecule has 2 fully saturated rings. The first-order valence-corrected chi connectivity index (χ1v) is 7.65. The van der Waals surface area contributed by atoms with E-state index in [1.54, 1.807) is 4.68 Å². The van der Waals surface area contributed by atoms with Crippen molar-refractivity contribution >= 4 is 11.9 Å². The molecule has 7 heteroatoms. The smallest absolute Gasteiger partial charge is 0.305 e. The lowest BCUT2D eigenvalue weighted by Gasteiger charge is -2.36. The largest absolute Gasteiger partial charge is 0.481 e. The van der Waals surface area contributed by atoms with Crippen molar-refractivity contribution in [3.05, 3.63) is 17.5 Å². The highest BCUT2D eigenvalue weighted by atomic mass is 16.5. The number of hydrogen-bond acceptors (Lipinski definition) is 4. The minimum atomic E-state index is -0.915. The van der Waals surface area contributed by atoms with Crippen LogP contribution in [0, 0.1) is 0 Å². The van der Waals surface area contributed by atoms with Crippen molar-refractivity contribution in [2.45, 2.75) is 43.6 Å². The van der Waals surface area contributed by atoms with Gasteiger partial charge in [-0.25, -0.2) is 0 Å².